The molecular formula is C16H21NO4. The van der Waals surface area contributed by atoms with E-state index in [1.165, 1.54) is 18.1 Å². The summed E-state index contributed by atoms with van der Waals surface area (Å²) in [5.74, 6) is -0.119. The molecule has 0 saturated carbocycles. The molecule has 114 valence electrons. The van der Waals surface area contributed by atoms with Crippen molar-refractivity contribution in [2.45, 2.75) is 6.92 Å². The quantitative estimate of drug-likeness (QED) is 0.594. The molecule has 1 atom stereocenters. The van der Waals surface area contributed by atoms with Crippen molar-refractivity contribution < 1.29 is 19.1 Å². The number of hydrogen-bond donors (Lipinski definition) is 0. The smallest absolute Gasteiger partial charge is 0.310 e. The summed E-state index contributed by atoms with van der Waals surface area (Å²) in [5, 5.41) is 0. The van der Waals surface area contributed by atoms with E-state index in [9.17, 15) is 9.59 Å². The van der Waals surface area contributed by atoms with E-state index in [-0.39, 0.29) is 17.8 Å². The van der Waals surface area contributed by atoms with Crippen LogP contribution in [0.25, 0.3) is 6.08 Å². The molecule has 1 amide bonds. The van der Waals surface area contributed by atoms with Crippen molar-refractivity contribution in [2.75, 3.05) is 27.8 Å². The maximum Gasteiger partial charge on any atom is 0.310 e. The third kappa shape index (κ3) is 5.30. The van der Waals surface area contributed by atoms with Crippen molar-refractivity contribution in [3.8, 4) is 5.75 Å². The molecule has 1 aromatic carbocycles. The number of ether oxygens (including phenoxy) is 2. The normalized spacial score (nSPS) is 12.0. The number of rotatable bonds is 6. The van der Waals surface area contributed by atoms with Crippen LogP contribution in [0.4, 0.5) is 0 Å². The molecule has 1 aromatic rings. The van der Waals surface area contributed by atoms with Crippen LogP contribution < -0.4 is 4.74 Å². The number of likely N-dealkylation sites (N-methyl/N-ethyl adjacent to an activating group) is 1. The highest BCUT2D eigenvalue weighted by Crippen LogP contribution is 2.13. The molecule has 1 unspecified atom stereocenters. The minimum Gasteiger partial charge on any atom is -0.497 e. The number of nitrogens with zero attached hydrogens (tertiary/aromatic N) is 1. The number of carbonyl (C=O) groups excluding carboxylic acids is 2. The number of hydrogen-bond acceptors (Lipinski definition) is 4. The van der Waals surface area contributed by atoms with Crippen LogP contribution in [0.1, 0.15) is 12.5 Å². The van der Waals surface area contributed by atoms with Gasteiger partial charge in [0.05, 0.1) is 20.1 Å². The van der Waals surface area contributed by atoms with E-state index in [1.54, 1.807) is 27.2 Å². The first-order valence-electron chi connectivity index (χ1n) is 6.63. The summed E-state index contributed by atoms with van der Waals surface area (Å²) in [6, 6.07) is 7.40. The monoisotopic (exact) mass is 291 g/mol. The van der Waals surface area contributed by atoms with Crippen LogP contribution >= 0.6 is 0 Å². The molecule has 0 N–H and O–H groups in total. The van der Waals surface area contributed by atoms with Gasteiger partial charge in [-0.3, -0.25) is 9.59 Å². The predicted octanol–water partition coefficient (Wildman–Crippen LogP) is 1.98. The van der Waals surface area contributed by atoms with E-state index >= 15 is 0 Å². The van der Waals surface area contributed by atoms with Crippen LogP contribution in [0.5, 0.6) is 5.75 Å². The van der Waals surface area contributed by atoms with E-state index in [2.05, 4.69) is 4.74 Å². The first-order valence-corrected chi connectivity index (χ1v) is 6.63. The van der Waals surface area contributed by atoms with Gasteiger partial charge in [-0.25, -0.2) is 0 Å². The molecule has 0 fully saturated rings. The molecule has 0 aromatic heterocycles. The highest BCUT2D eigenvalue weighted by molar-refractivity contribution is 5.91. The molecule has 0 spiro atoms. The summed E-state index contributed by atoms with van der Waals surface area (Å²) in [6.45, 7) is 2.04. The summed E-state index contributed by atoms with van der Waals surface area (Å²) < 4.78 is 9.76. The van der Waals surface area contributed by atoms with Crippen molar-refractivity contribution in [1.82, 2.24) is 4.90 Å². The number of amides is 1. The van der Waals surface area contributed by atoms with E-state index in [0.717, 1.165) is 11.3 Å². The Morgan fingerprint density at radius 1 is 1.33 bits per heavy atom. The highest BCUT2D eigenvalue weighted by atomic mass is 16.5. The molecular weight excluding hydrogens is 270 g/mol. The van der Waals surface area contributed by atoms with Gasteiger partial charge in [0.25, 0.3) is 0 Å². The van der Waals surface area contributed by atoms with Gasteiger partial charge in [-0.2, -0.15) is 0 Å². The van der Waals surface area contributed by atoms with Crippen LogP contribution in [-0.2, 0) is 14.3 Å². The van der Waals surface area contributed by atoms with Crippen molar-refractivity contribution in [2.24, 2.45) is 5.92 Å². The van der Waals surface area contributed by atoms with E-state index in [0.29, 0.717) is 6.54 Å². The first kappa shape index (κ1) is 16.8. The van der Waals surface area contributed by atoms with Crippen LogP contribution in [0, 0.1) is 5.92 Å². The molecule has 0 aliphatic rings. The van der Waals surface area contributed by atoms with Gasteiger partial charge in [-0.1, -0.05) is 19.1 Å². The lowest BCUT2D eigenvalue weighted by Crippen LogP contribution is -2.33. The molecule has 0 aliphatic carbocycles. The Balaban J connectivity index is 2.62. The lowest BCUT2D eigenvalue weighted by Gasteiger charge is -2.18. The Kier molecular flexibility index (Phi) is 6.46. The fraction of sp³-hybridized carbons (Fsp3) is 0.375. The molecule has 0 heterocycles. The minimum absolute atomic E-state index is 0.173. The number of esters is 1. The predicted molar refractivity (Wildman–Crippen MR) is 80.8 cm³/mol. The molecule has 0 aliphatic heterocycles. The Morgan fingerprint density at radius 2 is 2.05 bits per heavy atom. The van der Waals surface area contributed by atoms with Crippen LogP contribution in [0.3, 0.4) is 0 Å². The Bertz CT molecular complexity index is 525. The SMILES string of the molecule is COC(=O)C(C)CN(C)C(=O)/C=C/c1cccc(OC)c1. The van der Waals surface area contributed by atoms with Gasteiger partial charge < -0.3 is 14.4 Å². The number of benzene rings is 1. The van der Waals surface area contributed by atoms with Crippen molar-refractivity contribution >= 4 is 18.0 Å². The van der Waals surface area contributed by atoms with Crippen LogP contribution in [0.2, 0.25) is 0 Å². The lowest BCUT2D eigenvalue weighted by atomic mass is 10.1. The summed E-state index contributed by atoms with van der Waals surface area (Å²) >= 11 is 0. The van der Waals surface area contributed by atoms with Gasteiger partial charge in [0, 0.05) is 19.7 Å². The Morgan fingerprint density at radius 3 is 2.67 bits per heavy atom. The fourth-order valence-corrected chi connectivity index (χ4v) is 1.82. The van der Waals surface area contributed by atoms with Gasteiger partial charge in [0.1, 0.15) is 5.75 Å². The third-order valence-corrected chi connectivity index (χ3v) is 3.04. The average Bonchev–Trinajstić information content (AvgIpc) is 2.51. The lowest BCUT2D eigenvalue weighted by molar-refractivity contribution is -0.145. The minimum atomic E-state index is -0.353. The number of methoxy groups -OCH3 is 2. The average molecular weight is 291 g/mol. The molecule has 0 saturated heterocycles. The summed E-state index contributed by atoms with van der Waals surface area (Å²) in [6.07, 6.45) is 3.18. The highest BCUT2D eigenvalue weighted by Gasteiger charge is 2.17. The zero-order valence-corrected chi connectivity index (χ0v) is 12.8. The van der Waals surface area contributed by atoms with Gasteiger partial charge >= 0.3 is 5.97 Å². The Labute approximate surface area is 125 Å². The second-order valence-electron chi connectivity index (χ2n) is 4.75. The van der Waals surface area contributed by atoms with Gasteiger partial charge in [-0.15, -0.1) is 0 Å². The Hall–Kier alpha value is -2.30. The van der Waals surface area contributed by atoms with Gasteiger partial charge in [0.15, 0.2) is 0 Å². The fourth-order valence-electron chi connectivity index (χ4n) is 1.82. The van der Waals surface area contributed by atoms with E-state index in [4.69, 9.17) is 4.74 Å². The van der Waals surface area contributed by atoms with Crippen LogP contribution in [0.15, 0.2) is 30.3 Å². The maximum atomic E-state index is 12.0. The van der Waals surface area contributed by atoms with Gasteiger partial charge in [0.2, 0.25) is 5.91 Å². The molecule has 0 bridgehead atoms. The van der Waals surface area contributed by atoms with E-state index in [1.807, 2.05) is 24.3 Å². The zero-order valence-electron chi connectivity index (χ0n) is 12.8. The topological polar surface area (TPSA) is 55.8 Å². The van der Waals surface area contributed by atoms with Gasteiger partial charge in [-0.05, 0) is 23.8 Å². The van der Waals surface area contributed by atoms with Crippen molar-refractivity contribution in [3.63, 3.8) is 0 Å². The molecule has 5 nitrogen and oxygen atoms in total. The first-order chi connectivity index (χ1) is 9.97. The second kappa shape index (κ2) is 8.09. The standard InChI is InChI=1S/C16H21NO4/c1-12(16(19)21-4)11-17(2)15(18)9-8-13-6-5-7-14(10-13)20-3/h5-10,12H,11H2,1-4H3/b9-8+. The molecule has 1 rings (SSSR count). The zero-order chi connectivity index (χ0) is 15.8. The molecule has 0 radical (unpaired) electrons. The summed E-state index contributed by atoms with van der Waals surface area (Å²) in [4.78, 5) is 24.8. The van der Waals surface area contributed by atoms with Crippen molar-refractivity contribution in [3.05, 3.63) is 35.9 Å². The largest absolute Gasteiger partial charge is 0.497 e. The number of carbonyl (C=O) groups is 2. The van der Waals surface area contributed by atoms with E-state index < -0.39 is 0 Å². The third-order valence-electron chi connectivity index (χ3n) is 3.04. The summed E-state index contributed by atoms with van der Waals surface area (Å²) in [7, 11) is 4.58. The van der Waals surface area contributed by atoms with Crippen LogP contribution in [-0.4, -0.2) is 44.6 Å². The molecule has 21 heavy (non-hydrogen) atoms. The molecule has 5 heteroatoms. The maximum absolute atomic E-state index is 12.0. The second-order valence-corrected chi connectivity index (χ2v) is 4.75. The van der Waals surface area contributed by atoms with Crippen molar-refractivity contribution in [1.29, 1.82) is 0 Å². The summed E-state index contributed by atoms with van der Waals surface area (Å²) in [5.41, 5.74) is 0.872.